The number of hydrogen-bond acceptors (Lipinski definition) is 5. The Bertz CT molecular complexity index is 388. The molecule has 0 aliphatic heterocycles. The van der Waals surface area contributed by atoms with E-state index >= 15 is 0 Å². The average Bonchev–Trinajstić information content (AvgIpc) is 2.59. The van der Waals surface area contributed by atoms with E-state index < -0.39 is 6.29 Å². The molecule has 6 heteroatoms. The van der Waals surface area contributed by atoms with Crippen LogP contribution in [-0.2, 0) is 9.47 Å². The first-order chi connectivity index (χ1) is 7.99. The van der Waals surface area contributed by atoms with E-state index in [0.717, 1.165) is 10.7 Å². The molecule has 0 aromatic carbocycles. The van der Waals surface area contributed by atoms with Crippen molar-refractivity contribution in [2.24, 2.45) is 0 Å². The summed E-state index contributed by atoms with van der Waals surface area (Å²) in [6.45, 7) is 5.54. The number of amides is 1. The van der Waals surface area contributed by atoms with Gasteiger partial charge in [0.15, 0.2) is 6.29 Å². The molecule has 0 fully saturated rings. The highest BCUT2D eigenvalue weighted by atomic mass is 32.1. The second-order valence-corrected chi connectivity index (χ2v) is 4.95. The largest absolute Gasteiger partial charge is 0.354 e. The number of nitrogens with zero attached hydrogens (tertiary/aromatic N) is 1. The Morgan fingerprint density at radius 3 is 2.35 bits per heavy atom. The first-order valence-corrected chi connectivity index (χ1v) is 6.11. The summed E-state index contributed by atoms with van der Waals surface area (Å²) in [6.07, 6.45) is -0.451. The van der Waals surface area contributed by atoms with Crippen molar-refractivity contribution < 1.29 is 14.3 Å². The topological polar surface area (TPSA) is 60.5 Å². The third kappa shape index (κ3) is 3.49. The van der Waals surface area contributed by atoms with Gasteiger partial charge in [-0.1, -0.05) is 0 Å². The smallest absolute Gasteiger partial charge is 0.263 e. The predicted molar refractivity (Wildman–Crippen MR) is 66.3 cm³/mol. The Morgan fingerprint density at radius 1 is 1.35 bits per heavy atom. The molecule has 0 bridgehead atoms. The van der Waals surface area contributed by atoms with E-state index in [2.05, 4.69) is 10.3 Å². The van der Waals surface area contributed by atoms with Crippen LogP contribution in [0.25, 0.3) is 0 Å². The third-order valence-electron chi connectivity index (χ3n) is 2.34. The van der Waals surface area contributed by atoms with Crippen molar-refractivity contribution in [1.29, 1.82) is 0 Å². The first kappa shape index (κ1) is 14.1. The molecular weight excluding hydrogens is 240 g/mol. The third-order valence-corrected chi connectivity index (χ3v) is 3.41. The Kier molecular flexibility index (Phi) is 5.04. The summed E-state index contributed by atoms with van der Waals surface area (Å²) in [5, 5.41) is 3.72. The number of carbonyl (C=O) groups excluding carboxylic acids is 1. The molecule has 1 heterocycles. The van der Waals surface area contributed by atoms with E-state index in [1.165, 1.54) is 11.3 Å². The first-order valence-electron chi connectivity index (χ1n) is 5.30. The molecule has 0 spiro atoms. The fourth-order valence-electron chi connectivity index (χ4n) is 1.59. The minimum atomic E-state index is -0.451. The van der Waals surface area contributed by atoms with Crippen LogP contribution in [0.1, 0.15) is 27.3 Å². The number of ether oxygens (including phenoxy) is 2. The van der Waals surface area contributed by atoms with Gasteiger partial charge in [0.05, 0.1) is 16.7 Å². The predicted octanol–water partition coefficient (Wildman–Crippen LogP) is 1.50. The lowest BCUT2D eigenvalue weighted by Crippen LogP contribution is -2.42. The van der Waals surface area contributed by atoms with Crippen LogP contribution < -0.4 is 5.32 Å². The molecule has 0 radical (unpaired) electrons. The second-order valence-electron chi connectivity index (χ2n) is 3.75. The van der Waals surface area contributed by atoms with Gasteiger partial charge in [0.1, 0.15) is 4.88 Å². The molecule has 0 aliphatic rings. The van der Waals surface area contributed by atoms with Crippen LogP contribution in [0, 0.1) is 13.8 Å². The number of nitrogens with one attached hydrogen (secondary N) is 1. The van der Waals surface area contributed by atoms with Gasteiger partial charge in [-0.15, -0.1) is 11.3 Å². The van der Waals surface area contributed by atoms with E-state index in [0.29, 0.717) is 4.88 Å². The molecule has 1 unspecified atom stereocenters. The number of thiazole rings is 1. The maximum absolute atomic E-state index is 12.0. The van der Waals surface area contributed by atoms with Crippen molar-refractivity contribution in [3.63, 3.8) is 0 Å². The van der Waals surface area contributed by atoms with Gasteiger partial charge in [-0.2, -0.15) is 0 Å². The number of aromatic nitrogens is 1. The van der Waals surface area contributed by atoms with Crippen LogP contribution in [0.5, 0.6) is 0 Å². The molecule has 0 saturated heterocycles. The van der Waals surface area contributed by atoms with E-state index in [1.807, 2.05) is 20.8 Å². The lowest BCUT2D eigenvalue weighted by atomic mass is 10.3. The number of rotatable bonds is 5. The maximum Gasteiger partial charge on any atom is 0.263 e. The van der Waals surface area contributed by atoms with Gasteiger partial charge in [0.2, 0.25) is 0 Å². The van der Waals surface area contributed by atoms with Gasteiger partial charge in [-0.05, 0) is 20.8 Å². The zero-order valence-corrected chi connectivity index (χ0v) is 11.6. The van der Waals surface area contributed by atoms with Crippen LogP contribution >= 0.6 is 11.3 Å². The molecule has 1 rings (SSSR count). The minimum Gasteiger partial charge on any atom is -0.354 e. The van der Waals surface area contributed by atoms with Crippen molar-refractivity contribution in [2.45, 2.75) is 33.1 Å². The average molecular weight is 258 g/mol. The van der Waals surface area contributed by atoms with Gasteiger partial charge in [0, 0.05) is 14.2 Å². The fourth-order valence-corrected chi connectivity index (χ4v) is 2.41. The van der Waals surface area contributed by atoms with Crippen LogP contribution in [0.3, 0.4) is 0 Å². The van der Waals surface area contributed by atoms with E-state index in [1.54, 1.807) is 14.2 Å². The second kappa shape index (κ2) is 6.09. The van der Waals surface area contributed by atoms with Crippen molar-refractivity contribution in [3.8, 4) is 0 Å². The van der Waals surface area contributed by atoms with E-state index in [9.17, 15) is 4.79 Å². The summed E-state index contributed by atoms with van der Waals surface area (Å²) in [4.78, 5) is 16.8. The summed E-state index contributed by atoms with van der Waals surface area (Å²) in [5.41, 5.74) is 0.753. The normalized spacial score (nSPS) is 12.8. The van der Waals surface area contributed by atoms with Gasteiger partial charge in [0.25, 0.3) is 5.91 Å². The Balaban J connectivity index is 2.69. The summed E-state index contributed by atoms with van der Waals surface area (Å²) in [7, 11) is 3.08. The maximum atomic E-state index is 12.0. The molecule has 17 heavy (non-hydrogen) atoms. The van der Waals surface area contributed by atoms with Crippen LogP contribution in [0.15, 0.2) is 0 Å². The van der Waals surface area contributed by atoms with Gasteiger partial charge in [-0.3, -0.25) is 4.79 Å². The van der Waals surface area contributed by atoms with E-state index in [4.69, 9.17) is 9.47 Å². The highest BCUT2D eigenvalue weighted by Crippen LogP contribution is 2.17. The monoisotopic (exact) mass is 258 g/mol. The zero-order chi connectivity index (χ0) is 13.0. The molecule has 1 atom stereocenters. The van der Waals surface area contributed by atoms with Crippen molar-refractivity contribution in [3.05, 3.63) is 15.6 Å². The molecular formula is C11H18N2O3S. The molecule has 1 aromatic heterocycles. The SMILES string of the molecule is COC(OC)C(C)NC(=O)c1sc(C)nc1C. The van der Waals surface area contributed by atoms with E-state index in [-0.39, 0.29) is 11.9 Å². The molecule has 96 valence electrons. The Morgan fingerprint density at radius 2 is 1.94 bits per heavy atom. The number of hydrogen-bond donors (Lipinski definition) is 1. The Hall–Kier alpha value is -0.980. The fraction of sp³-hybridized carbons (Fsp3) is 0.636. The molecule has 0 saturated carbocycles. The number of carbonyl (C=O) groups is 1. The van der Waals surface area contributed by atoms with Crippen molar-refractivity contribution >= 4 is 17.2 Å². The molecule has 1 aromatic rings. The van der Waals surface area contributed by atoms with Crippen LogP contribution in [0.4, 0.5) is 0 Å². The molecule has 1 amide bonds. The number of aryl methyl sites for hydroxylation is 2. The number of methoxy groups -OCH3 is 2. The van der Waals surface area contributed by atoms with Crippen LogP contribution in [0.2, 0.25) is 0 Å². The summed E-state index contributed by atoms with van der Waals surface area (Å²) >= 11 is 1.39. The van der Waals surface area contributed by atoms with Crippen LogP contribution in [-0.4, -0.2) is 37.4 Å². The highest BCUT2D eigenvalue weighted by Gasteiger charge is 2.21. The van der Waals surface area contributed by atoms with Gasteiger partial charge >= 0.3 is 0 Å². The standard InChI is InChI=1S/C11H18N2O3S/c1-6-9(17-8(3)12-6)10(14)13-7(2)11(15-4)16-5/h7,11H,1-5H3,(H,13,14). The highest BCUT2D eigenvalue weighted by molar-refractivity contribution is 7.13. The van der Waals surface area contributed by atoms with Gasteiger partial charge < -0.3 is 14.8 Å². The molecule has 5 nitrogen and oxygen atoms in total. The summed E-state index contributed by atoms with van der Waals surface area (Å²) in [6, 6.07) is -0.223. The van der Waals surface area contributed by atoms with Gasteiger partial charge in [-0.25, -0.2) is 4.98 Å². The summed E-state index contributed by atoms with van der Waals surface area (Å²) < 4.78 is 10.2. The minimum absolute atomic E-state index is 0.139. The molecule has 0 aliphatic carbocycles. The zero-order valence-electron chi connectivity index (χ0n) is 10.7. The summed E-state index contributed by atoms with van der Waals surface area (Å²) in [5.74, 6) is -0.139. The lowest BCUT2D eigenvalue weighted by Gasteiger charge is -2.21. The molecule has 1 N–H and O–H groups in total. The lowest BCUT2D eigenvalue weighted by molar-refractivity contribution is -0.117. The van der Waals surface area contributed by atoms with Crippen molar-refractivity contribution in [2.75, 3.05) is 14.2 Å². The van der Waals surface area contributed by atoms with Crippen molar-refractivity contribution in [1.82, 2.24) is 10.3 Å². The Labute approximate surface area is 105 Å². The quantitative estimate of drug-likeness (QED) is 0.813.